The molecule has 25 heteroatoms. The number of fused-ring (bicyclic) bond motifs is 5. The third kappa shape index (κ3) is 5.41. The van der Waals surface area contributed by atoms with Gasteiger partial charge in [-0.25, -0.2) is 19.5 Å². The molecule has 10 unspecified atom stereocenters. The van der Waals surface area contributed by atoms with Crippen molar-refractivity contribution in [3.8, 4) is 0 Å². The van der Waals surface area contributed by atoms with Crippen LogP contribution in [0.25, 0.3) is 22.3 Å². The number of aliphatic hydroxyl groups is 2. The van der Waals surface area contributed by atoms with Crippen molar-refractivity contribution in [2.45, 2.75) is 49.3 Å². The summed E-state index contributed by atoms with van der Waals surface area (Å²) in [6, 6.07) is 0. The number of hydrogen-bond donors (Lipinski definition) is 7. The minimum atomic E-state index is -5.13. The first-order chi connectivity index (χ1) is 21.3. The van der Waals surface area contributed by atoms with Gasteiger partial charge in [0.15, 0.2) is 41.9 Å². The maximum absolute atomic E-state index is 13.2. The van der Waals surface area contributed by atoms with Crippen LogP contribution in [0.3, 0.4) is 0 Å². The van der Waals surface area contributed by atoms with Gasteiger partial charge in [-0.1, -0.05) is 0 Å². The fourth-order valence-corrected chi connectivity index (χ4v) is 7.17. The minimum absolute atomic E-state index is 0.110. The van der Waals surface area contributed by atoms with Gasteiger partial charge in [0.25, 0.3) is 5.56 Å². The number of aromatic nitrogens is 8. The maximum atomic E-state index is 13.2. The second kappa shape index (κ2) is 10.8. The highest BCUT2D eigenvalue weighted by Gasteiger charge is 2.54. The van der Waals surface area contributed by atoms with Gasteiger partial charge in [0, 0.05) is 0 Å². The zero-order valence-corrected chi connectivity index (χ0v) is 24.2. The molecule has 7 rings (SSSR count). The summed E-state index contributed by atoms with van der Waals surface area (Å²) < 4.78 is 61.4. The second-order valence-electron chi connectivity index (χ2n) is 10.1. The van der Waals surface area contributed by atoms with Gasteiger partial charge < -0.3 is 45.7 Å². The van der Waals surface area contributed by atoms with E-state index >= 15 is 0 Å². The van der Waals surface area contributed by atoms with Crippen molar-refractivity contribution in [2.75, 3.05) is 24.4 Å². The molecule has 3 aliphatic heterocycles. The Balaban J connectivity index is 1.21. The van der Waals surface area contributed by atoms with Crippen LogP contribution in [-0.2, 0) is 36.9 Å². The van der Waals surface area contributed by atoms with E-state index in [1.807, 2.05) is 0 Å². The van der Waals surface area contributed by atoms with Crippen LogP contribution in [0.4, 0.5) is 11.9 Å². The van der Waals surface area contributed by atoms with Gasteiger partial charge in [-0.3, -0.25) is 37.0 Å². The number of aliphatic hydroxyl groups excluding tert-OH is 2. The lowest BCUT2D eigenvalue weighted by Gasteiger charge is -2.25. The molecule has 0 saturated carbocycles. The molecule has 0 amide bonds. The predicted molar refractivity (Wildman–Crippen MR) is 143 cm³/mol. The topological polar surface area (TPSA) is 330 Å². The fraction of sp³-hybridized carbons (Fsp3) is 0.500. The van der Waals surface area contributed by atoms with Gasteiger partial charge in [-0.05, 0) is 0 Å². The van der Waals surface area contributed by atoms with Crippen LogP contribution in [0, 0.1) is 0 Å². The largest absolute Gasteiger partial charge is 0.472 e. The zero-order chi connectivity index (χ0) is 31.8. The Labute approximate surface area is 248 Å². The lowest BCUT2D eigenvalue weighted by molar-refractivity contribution is -0.168. The molecule has 3 fully saturated rings. The predicted octanol–water partition coefficient (Wildman–Crippen LogP) is -2.34. The molecule has 7 heterocycles. The Kier molecular flexibility index (Phi) is 7.27. The van der Waals surface area contributed by atoms with E-state index in [1.54, 1.807) is 0 Å². The summed E-state index contributed by atoms with van der Waals surface area (Å²) in [6.07, 6.45) is -10.5. The highest BCUT2D eigenvalue weighted by molar-refractivity contribution is 7.52. The summed E-state index contributed by atoms with van der Waals surface area (Å²) in [5.74, 6) is -0.401. The Bertz CT molecular complexity index is 1940. The number of ether oxygens (including phenoxy) is 3. The lowest BCUT2D eigenvalue weighted by Crippen LogP contribution is -2.36. The van der Waals surface area contributed by atoms with Crippen molar-refractivity contribution in [1.29, 1.82) is 0 Å². The average Bonchev–Trinajstić information content (AvgIpc) is 3.72. The highest BCUT2D eigenvalue weighted by Crippen LogP contribution is 2.53. The molecule has 0 aromatic carbocycles. The van der Waals surface area contributed by atoms with Crippen LogP contribution in [0.15, 0.2) is 23.6 Å². The van der Waals surface area contributed by atoms with E-state index in [2.05, 4.69) is 29.9 Å². The van der Waals surface area contributed by atoms with Crippen LogP contribution in [0.2, 0.25) is 0 Å². The molecular formula is C20H24N10O13P2. The number of nitrogens with zero attached hydrogens (tertiary/aromatic N) is 7. The fourth-order valence-electron chi connectivity index (χ4n) is 5.20. The molecule has 3 aliphatic rings. The molecule has 0 aliphatic carbocycles. The van der Waals surface area contributed by atoms with Gasteiger partial charge in [0.1, 0.15) is 36.0 Å². The molecule has 0 radical (unpaired) electrons. The molecule has 10 atom stereocenters. The summed E-state index contributed by atoms with van der Waals surface area (Å²) in [6.45, 7) is -0.824. The number of imidazole rings is 2. The van der Waals surface area contributed by atoms with E-state index in [0.29, 0.717) is 0 Å². The summed E-state index contributed by atoms with van der Waals surface area (Å²) in [5.41, 5.74) is 10.7. The molecule has 0 spiro atoms. The third-order valence-corrected chi connectivity index (χ3v) is 9.19. The van der Waals surface area contributed by atoms with Gasteiger partial charge in [0.05, 0.1) is 25.5 Å². The summed E-state index contributed by atoms with van der Waals surface area (Å²) in [7, 11) is -9.92. The second-order valence-corrected chi connectivity index (χ2v) is 13.3. The van der Waals surface area contributed by atoms with Gasteiger partial charge >= 0.3 is 15.4 Å². The number of nitrogen functional groups attached to an aromatic ring is 2. The van der Waals surface area contributed by atoms with Crippen LogP contribution in [0.5, 0.6) is 0 Å². The molecule has 23 nitrogen and oxygen atoms in total. The van der Waals surface area contributed by atoms with Crippen molar-refractivity contribution in [2.24, 2.45) is 0 Å². The molecule has 4 aromatic heterocycles. The minimum Gasteiger partial charge on any atom is -0.386 e. The molecule has 4 aromatic rings. The number of nitrogens with one attached hydrogen (secondary N) is 1. The normalized spacial score (nSPS) is 37.7. The smallest absolute Gasteiger partial charge is 0.386 e. The summed E-state index contributed by atoms with van der Waals surface area (Å²) in [4.78, 5) is 55.9. The van der Waals surface area contributed by atoms with E-state index < -0.39 is 83.2 Å². The number of phosphoric acid groups is 1. The Morgan fingerprint density at radius 3 is 2.49 bits per heavy atom. The van der Waals surface area contributed by atoms with Gasteiger partial charge in [0.2, 0.25) is 11.9 Å². The SMILES string of the molecule is Nc1ncc2ncn(C3OC4COP(=O)(O)OC5C(O)C(OCP(=O)(O)OC4C3O)OC5n3cnc4c(=O)[nH]c(N)nc43)c2n1. The number of rotatable bonds is 2. The monoisotopic (exact) mass is 674 g/mol. The van der Waals surface area contributed by atoms with Crippen molar-refractivity contribution >= 4 is 49.6 Å². The van der Waals surface area contributed by atoms with Crippen molar-refractivity contribution in [3.63, 3.8) is 0 Å². The molecular weight excluding hydrogens is 650 g/mol. The van der Waals surface area contributed by atoms with E-state index in [9.17, 15) is 33.9 Å². The molecule has 2 bridgehead atoms. The van der Waals surface area contributed by atoms with E-state index in [0.717, 1.165) is 10.9 Å². The van der Waals surface area contributed by atoms with E-state index in [4.69, 9.17) is 39.2 Å². The quantitative estimate of drug-likeness (QED) is 0.109. The molecule has 242 valence electrons. The number of H-pyrrole nitrogens is 1. The van der Waals surface area contributed by atoms with Crippen molar-refractivity contribution < 1.29 is 56.9 Å². The van der Waals surface area contributed by atoms with Crippen molar-refractivity contribution in [1.82, 2.24) is 39.0 Å². The van der Waals surface area contributed by atoms with Crippen LogP contribution < -0.4 is 17.0 Å². The summed E-state index contributed by atoms with van der Waals surface area (Å²) in [5, 5.41) is 22.1. The number of anilines is 2. The number of aromatic amines is 1. The van der Waals surface area contributed by atoms with Crippen LogP contribution in [-0.4, -0.2) is 109 Å². The Morgan fingerprint density at radius 1 is 0.933 bits per heavy atom. The average molecular weight is 674 g/mol. The first-order valence-corrected chi connectivity index (χ1v) is 16.2. The van der Waals surface area contributed by atoms with Crippen LogP contribution in [0.1, 0.15) is 12.5 Å². The molecule has 3 saturated heterocycles. The first kappa shape index (κ1) is 30.2. The third-order valence-electron chi connectivity index (χ3n) is 7.16. The first-order valence-electron chi connectivity index (χ1n) is 12.9. The Hall–Kier alpha value is -3.44. The molecule has 9 N–H and O–H groups in total. The standard InChI is InChI=1S/C20H24N10O13P2/c21-19-23-1-6-13(26-19)29(3-24-6)16-9(31)11-7(40-16)2-39-45(36,37)43-12-10(32)18(38-5-44(34,35)42-11)41-17(12)30-4-25-8-14(30)27-20(22)28-15(8)33/h1,3-4,7,9-12,16-18,31-32H,2,5H2,(H,34,35)(H,36,37)(H2,21,23,26)(H3,22,27,28,33). The van der Waals surface area contributed by atoms with E-state index in [1.165, 1.54) is 17.1 Å². The zero-order valence-electron chi connectivity index (χ0n) is 22.4. The van der Waals surface area contributed by atoms with E-state index in [-0.39, 0.29) is 34.2 Å². The Morgan fingerprint density at radius 2 is 1.69 bits per heavy atom. The lowest BCUT2D eigenvalue weighted by atomic mass is 10.1. The number of hydrogen-bond acceptors (Lipinski definition) is 18. The maximum Gasteiger partial charge on any atom is 0.472 e. The summed E-state index contributed by atoms with van der Waals surface area (Å²) >= 11 is 0. The number of phosphoric ester groups is 1. The van der Waals surface area contributed by atoms with Crippen LogP contribution >= 0.6 is 15.4 Å². The van der Waals surface area contributed by atoms with Gasteiger partial charge in [-0.2, -0.15) is 9.97 Å². The van der Waals surface area contributed by atoms with Crippen molar-refractivity contribution in [3.05, 3.63) is 29.2 Å². The molecule has 45 heavy (non-hydrogen) atoms. The number of nitrogens with two attached hydrogens (primary N) is 2. The highest BCUT2D eigenvalue weighted by atomic mass is 31.2. The van der Waals surface area contributed by atoms with Gasteiger partial charge in [-0.15, -0.1) is 0 Å².